The first kappa shape index (κ1) is 7.88. The molecule has 0 spiro atoms. The lowest BCUT2D eigenvalue weighted by molar-refractivity contribution is 0.0278. The van der Waals surface area contributed by atoms with Gasteiger partial charge in [0.1, 0.15) is 0 Å². The zero-order valence-electron chi connectivity index (χ0n) is 5.04. The van der Waals surface area contributed by atoms with Gasteiger partial charge in [0, 0.05) is 0 Å². The lowest BCUT2D eigenvalue weighted by Crippen LogP contribution is -2.25. The van der Waals surface area contributed by atoms with E-state index < -0.39 is 12.2 Å². The Morgan fingerprint density at radius 2 is 2.00 bits per heavy atom. The van der Waals surface area contributed by atoms with Crippen LogP contribution in [0.25, 0.3) is 0 Å². The third kappa shape index (κ3) is 2.96. The maximum atomic E-state index is 8.80. The van der Waals surface area contributed by atoms with Crippen LogP contribution in [-0.2, 0) is 0 Å². The van der Waals surface area contributed by atoms with Crippen LogP contribution >= 0.6 is 0 Å². The van der Waals surface area contributed by atoms with Crippen LogP contribution < -0.4 is 5.73 Å². The monoisotopic (exact) mass is 119 g/mol. The topological polar surface area (TPSA) is 66.5 Å². The van der Waals surface area contributed by atoms with Crippen molar-refractivity contribution in [3.8, 4) is 0 Å². The Labute approximate surface area is 49.1 Å². The molecule has 0 aliphatic heterocycles. The van der Waals surface area contributed by atoms with E-state index in [1.165, 1.54) is 0 Å². The number of nitrogens with two attached hydrogens (primary N) is 1. The molecule has 0 amide bonds. The van der Waals surface area contributed by atoms with Crippen molar-refractivity contribution in [3.05, 3.63) is 0 Å². The first-order chi connectivity index (χ1) is 3.68. The summed E-state index contributed by atoms with van der Waals surface area (Å²) < 4.78 is 0. The van der Waals surface area contributed by atoms with Crippen LogP contribution in [0.2, 0.25) is 0 Å². The Hall–Kier alpha value is -0.120. The predicted octanol–water partition coefficient (Wildman–Crippen LogP) is -0.923. The van der Waals surface area contributed by atoms with Gasteiger partial charge in [-0.1, -0.05) is 0 Å². The molecule has 0 aliphatic carbocycles. The van der Waals surface area contributed by atoms with Crippen LogP contribution in [0.3, 0.4) is 0 Å². The average Bonchev–Trinajstić information content (AvgIpc) is 1.67. The van der Waals surface area contributed by atoms with Crippen molar-refractivity contribution in [1.82, 2.24) is 0 Å². The number of hydrogen-bond acceptors (Lipinski definition) is 3. The van der Waals surface area contributed by atoms with Crippen LogP contribution in [0.1, 0.15) is 13.3 Å². The summed E-state index contributed by atoms with van der Waals surface area (Å²) in [6.45, 7) is 1.96. The van der Waals surface area contributed by atoms with Crippen LogP contribution in [-0.4, -0.2) is 29.0 Å². The largest absolute Gasteiger partial charge is 0.391 e. The number of aliphatic hydroxyl groups excluding tert-OH is 2. The van der Waals surface area contributed by atoms with Crippen molar-refractivity contribution in [1.29, 1.82) is 0 Å². The Morgan fingerprint density at radius 3 is 2.12 bits per heavy atom. The summed E-state index contributed by atoms with van der Waals surface area (Å²) in [6.07, 6.45) is -0.837. The molecule has 0 saturated heterocycles. The van der Waals surface area contributed by atoms with Crippen LogP contribution in [0.4, 0.5) is 0 Å². The summed E-state index contributed by atoms with van der Waals surface area (Å²) in [6, 6.07) is 0. The van der Waals surface area contributed by atoms with Gasteiger partial charge in [0.25, 0.3) is 0 Å². The molecule has 0 aromatic carbocycles. The van der Waals surface area contributed by atoms with Crippen molar-refractivity contribution in [2.75, 3.05) is 6.54 Å². The summed E-state index contributed by atoms with van der Waals surface area (Å²) in [5.74, 6) is 0. The van der Waals surface area contributed by atoms with E-state index in [0.29, 0.717) is 13.0 Å². The molecule has 0 saturated carbocycles. The van der Waals surface area contributed by atoms with Crippen molar-refractivity contribution in [3.63, 3.8) is 0 Å². The normalized spacial score (nSPS) is 18.0. The molecule has 0 bridgehead atoms. The zero-order chi connectivity index (χ0) is 6.57. The van der Waals surface area contributed by atoms with Gasteiger partial charge in [0.2, 0.25) is 0 Å². The maximum Gasteiger partial charge on any atom is 0.0808 e. The second-order valence-electron chi connectivity index (χ2n) is 1.89. The third-order valence-electron chi connectivity index (χ3n) is 1.02. The number of hydrogen-bond donors (Lipinski definition) is 3. The fourth-order valence-corrected chi connectivity index (χ4v) is 0.412. The van der Waals surface area contributed by atoms with Gasteiger partial charge in [-0.25, -0.2) is 0 Å². The van der Waals surface area contributed by atoms with Crippen molar-refractivity contribution in [2.45, 2.75) is 25.6 Å². The second kappa shape index (κ2) is 3.83. The van der Waals surface area contributed by atoms with E-state index in [0.717, 1.165) is 0 Å². The van der Waals surface area contributed by atoms with Gasteiger partial charge in [-0.2, -0.15) is 0 Å². The molecular weight excluding hydrogens is 106 g/mol. The highest BCUT2D eigenvalue weighted by Gasteiger charge is 2.07. The molecule has 0 radical (unpaired) electrons. The standard InChI is InChI=1S/C5H13NO2/c1-4(7)5(8)2-3-6/h4-5,7-8H,2-3,6H2,1H3. The summed E-state index contributed by atoms with van der Waals surface area (Å²) >= 11 is 0. The summed E-state index contributed by atoms with van der Waals surface area (Å²) in [5.41, 5.74) is 5.10. The van der Waals surface area contributed by atoms with Gasteiger partial charge in [0.05, 0.1) is 12.2 Å². The van der Waals surface area contributed by atoms with Gasteiger partial charge < -0.3 is 15.9 Å². The second-order valence-corrected chi connectivity index (χ2v) is 1.89. The van der Waals surface area contributed by atoms with Crippen molar-refractivity contribution < 1.29 is 10.2 Å². The molecule has 2 atom stereocenters. The van der Waals surface area contributed by atoms with E-state index in [1.807, 2.05) is 0 Å². The molecule has 0 aromatic heterocycles. The molecule has 0 aromatic rings. The highest BCUT2D eigenvalue weighted by molar-refractivity contribution is 4.60. The predicted molar refractivity (Wildman–Crippen MR) is 31.4 cm³/mol. The quantitative estimate of drug-likeness (QED) is 0.450. The fraction of sp³-hybridized carbons (Fsp3) is 1.00. The molecule has 0 heterocycles. The SMILES string of the molecule is CC(O)C(O)CCN. The minimum absolute atomic E-state index is 0.423. The fourth-order valence-electron chi connectivity index (χ4n) is 0.412. The molecule has 0 fully saturated rings. The molecular formula is C5H13NO2. The van der Waals surface area contributed by atoms with E-state index in [2.05, 4.69) is 0 Å². The van der Waals surface area contributed by atoms with Gasteiger partial charge in [0.15, 0.2) is 0 Å². The molecule has 8 heavy (non-hydrogen) atoms. The molecule has 0 aliphatic rings. The van der Waals surface area contributed by atoms with E-state index in [4.69, 9.17) is 15.9 Å². The summed E-state index contributed by atoms with van der Waals surface area (Å²) in [7, 11) is 0. The van der Waals surface area contributed by atoms with Gasteiger partial charge in [-0.3, -0.25) is 0 Å². The summed E-state index contributed by atoms with van der Waals surface area (Å²) in [4.78, 5) is 0. The minimum Gasteiger partial charge on any atom is -0.391 e. The minimum atomic E-state index is -0.654. The van der Waals surface area contributed by atoms with Gasteiger partial charge >= 0.3 is 0 Å². The maximum absolute atomic E-state index is 8.80. The number of aliphatic hydroxyl groups is 2. The first-order valence-electron chi connectivity index (χ1n) is 2.74. The van der Waals surface area contributed by atoms with Gasteiger partial charge in [-0.05, 0) is 19.9 Å². The molecule has 3 nitrogen and oxygen atoms in total. The lowest BCUT2D eigenvalue weighted by atomic mass is 10.2. The first-order valence-corrected chi connectivity index (χ1v) is 2.74. The Balaban J connectivity index is 3.17. The average molecular weight is 119 g/mol. The molecule has 0 rings (SSSR count). The Morgan fingerprint density at radius 1 is 1.50 bits per heavy atom. The van der Waals surface area contributed by atoms with E-state index in [9.17, 15) is 0 Å². The van der Waals surface area contributed by atoms with Crippen LogP contribution in [0.15, 0.2) is 0 Å². The number of rotatable bonds is 3. The highest BCUT2D eigenvalue weighted by atomic mass is 16.3. The van der Waals surface area contributed by atoms with Crippen molar-refractivity contribution >= 4 is 0 Å². The summed E-state index contributed by atoms with van der Waals surface area (Å²) in [5, 5.41) is 17.4. The Bertz CT molecular complexity index is 56.4. The van der Waals surface area contributed by atoms with E-state index >= 15 is 0 Å². The molecule has 50 valence electrons. The van der Waals surface area contributed by atoms with Crippen molar-refractivity contribution in [2.24, 2.45) is 5.73 Å². The zero-order valence-corrected chi connectivity index (χ0v) is 5.04. The molecule has 2 unspecified atom stereocenters. The third-order valence-corrected chi connectivity index (χ3v) is 1.02. The smallest absolute Gasteiger partial charge is 0.0808 e. The molecule has 3 heteroatoms. The van der Waals surface area contributed by atoms with E-state index in [1.54, 1.807) is 6.92 Å². The molecule has 4 N–H and O–H groups in total. The van der Waals surface area contributed by atoms with Crippen LogP contribution in [0.5, 0.6) is 0 Å². The van der Waals surface area contributed by atoms with E-state index in [-0.39, 0.29) is 0 Å². The van der Waals surface area contributed by atoms with Crippen LogP contribution in [0, 0.1) is 0 Å². The highest BCUT2D eigenvalue weighted by Crippen LogP contribution is 1.94. The van der Waals surface area contributed by atoms with Gasteiger partial charge in [-0.15, -0.1) is 0 Å². The lowest BCUT2D eigenvalue weighted by Gasteiger charge is -2.10. The Kier molecular flexibility index (Phi) is 3.77.